The van der Waals surface area contributed by atoms with Gasteiger partial charge < -0.3 is 16.2 Å². The van der Waals surface area contributed by atoms with Crippen LogP contribution >= 0.6 is 0 Å². The van der Waals surface area contributed by atoms with Gasteiger partial charge in [-0.1, -0.05) is 0 Å². The quantitative estimate of drug-likeness (QED) is 0.689. The molecule has 0 spiro atoms. The number of nitrogens with one attached hydrogen (secondary N) is 1. The second-order valence-corrected chi connectivity index (χ2v) is 5.88. The van der Waals surface area contributed by atoms with Crippen LogP contribution in [0.5, 0.6) is 5.75 Å². The summed E-state index contributed by atoms with van der Waals surface area (Å²) in [7, 11) is 0. The lowest BCUT2D eigenvalue weighted by molar-refractivity contribution is -0.121. The first-order chi connectivity index (χ1) is 10.6. The molecule has 0 aliphatic heterocycles. The highest BCUT2D eigenvalue weighted by molar-refractivity contribution is 5.96. The second kappa shape index (κ2) is 7.89. The van der Waals surface area contributed by atoms with E-state index in [0.717, 1.165) is 25.7 Å². The summed E-state index contributed by atoms with van der Waals surface area (Å²) in [4.78, 5) is 27.5. The van der Waals surface area contributed by atoms with Gasteiger partial charge >= 0.3 is 0 Å². The number of hydrogen-bond acceptors (Lipinski definition) is 5. The maximum Gasteiger partial charge on any atom is 0.221 e. The van der Waals surface area contributed by atoms with Gasteiger partial charge in [0.2, 0.25) is 5.91 Å². The Morgan fingerprint density at radius 3 is 2.64 bits per heavy atom. The monoisotopic (exact) mass is 305 g/mol. The van der Waals surface area contributed by atoms with Gasteiger partial charge in [0.1, 0.15) is 5.75 Å². The van der Waals surface area contributed by atoms with E-state index < -0.39 is 0 Å². The molecule has 0 saturated heterocycles. The fraction of sp³-hybridized carbons (Fsp3) is 0.562. The maximum atomic E-state index is 12.2. The molecule has 1 aliphatic carbocycles. The molecule has 2 rings (SSSR count). The van der Waals surface area contributed by atoms with Crippen LogP contribution in [0.25, 0.3) is 0 Å². The smallest absolute Gasteiger partial charge is 0.221 e. The average Bonchev–Trinajstić information content (AvgIpc) is 2.49. The minimum atomic E-state index is 0.00728. The number of carbonyl (C=O) groups is 2. The molecule has 0 unspecified atom stereocenters. The maximum absolute atomic E-state index is 12.2. The topological polar surface area (TPSA) is 105 Å². The van der Waals surface area contributed by atoms with Crippen molar-refractivity contribution < 1.29 is 14.7 Å². The molecule has 1 heterocycles. The van der Waals surface area contributed by atoms with E-state index in [2.05, 4.69) is 10.3 Å². The zero-order valence-electron chi connectivity index (χ0n) is 12.6. The number of amides is 1. The number of aromatic nitrogens is 1. The molecule has 4 N–H and O–H groups in total. The fourth-order valence-corrected chi connectivity index (χ4v) is 2.90. The molecule has 1 aromatic rings. The fourth-order valence-electron chi connectivity index (χ4n) is 2.90. The molecule has 1 fully saturated rings. The lowest BCUT2D eigenvalue weighted by atomic mass is 9.82. The highest BCUT2D eigenvalue weighted by Crippen LogP contribution is 2.28. The largest absolute Gasteiger partial charge is 0.506 e. The van der Waals surface area contributed by atoms with Gasteiger partial charge in [0.05, 0.1) is 6.20 Å². The van der Waals surface area contributed by atoms with Crippen LogP contribution in [0.3, 0.4) is 0 Å². The van der Waals surface area contributed by atoms with Crippen molar-refractivity contribution in [2.24, 2.45) is 11.7 Å². The number of hydrogen-bond donors (Lipinski definition) is 3. The third kappa shape index (κ3) is 4.80. The lowest BCUT2D eigenvalue weighted by Gasteiger charge is -2.28. The second-order valence-electron chi connectivity index (χ2n) is 5.88. The van der Waals surface area contributed by atoms with Crippen molar-refractivity contribution in [1.82, 2.24) is 10.3 Å². The number of pyridine rings is 1. The standard InChI is InChI=1S/C16H23N3O3/c17-6-5-16(22)19-13-3-1-11(2-4-13)7-15(21)12-8-14(20)10-18-9-12/h8-11,13,20H,1-7,17H2,(H,19,22). The number of Topliss-reactive ketones (excluding diaryl/α,β-unsaturated/α-hetero) is 1. The molecular weight excluding hydrogens is 282 g/mol. The van der Waals surface area contributed by atoms with Crippen LogP contribution in [0, 0.1) is 5.92 Å². The van der Waals surface area contributed by atoms with Crippen molar-refractivity contribution in [2.75, 3.05) is 6.54 Å². The van der Waals surface area contributed by atoms with Crippen molar-refractivity contribution in [3.05, 3.63) is 24.0 Å². The summed E-state index contributed by atoms with van der Waals surface area (Å²) in [6, 6.07) is 1.65. The van der Waals surface area contributed by atoms with E-state index in [9.17, 15) is 14.7 Å². The van der Waals surface area contributed by atoms with E-state index >= 15 is 0 Å². The minimum absolute atomic E-state index is 0.00728. The van der Waals surface area contributed by atoms with Crippen LogP contribution in [0.1, 0.15) is 48.9 Å². The molecular formula is C16H23N3O3. The van der Waals surface area contributed by atoms with Gasteiger partial charge in [0.25, 0.3) is 0 Å². The number of aromatic hydroxyl groups is 1. The molecule has 1 aromatic heterocycles. The summed E-state index contributed by atoms with van der Waals surface area (Å²) in [6.45, 7) is 0.369. The Morgan fingerprint density at radius 2 is 2.00 bits per heavy atom. The van der Waals surface area contributed by atoms with Gasteiger partial charge in [-0.25, -0.2) is 0 Å². The van der Waals surface area contributed by atoms with Crippen molar-refractivity contribution in [3.8, 4) is 5.75 Å². The first-order valence-corrected chi connectivity index (χ1v) is 7.75. The Labute approximate surface area is 130 Å². The Balaban J connectivity index is 1.77. The average molecular weight is 305 g/mol. The Morgan fingerprint density at radius 1 is 1.27 bits per heavy atom. The van der Waals surface area contributed by atoms with Gasteiger partial charge in [0, 0.05) is 37.2 Å². The Bertz CT molecular complexity index is 525. The van der Waals surface area contributed by atoms with Gasteiger partial charge in [-0.3, -0.25) is 14.6 Å². The van der Waals surface area contributed by atoms with Crippen LogP contribution in [-0.4, -0.2) is 34.4 Å². The molecule has 22 heavy (non-hydrogen) atoms. The van der Waals surface area contributed by atoms with Gasteiger partial charge in [-0.05, 0) is 37.7 Å². The van der Waals surface area contributed by atoms with Crippen molar-refractivity contribution >= 4 is 11.7 Å². The van der Waals surface area contributed by atoms with Crippen LogP contribution in [-0.2, 0) is 4.79 Å². The van der Waals surface area contributed by atoms with Crippen LogP contribution in [0.15, 0.2) is 18.5 Å². The molecule has 120 valence electrons. The molecule has 1 amide bonds. The summed E-state index contributed by atoms with van der Waals surface area (Å²) in [5, 5.41) is 12.4. The van der Waals surface area contributed by atoms with Crippen LogP contribution in [0.4, 0.5) is 0 Å². The predicted molar refractivity (Wildman–Crippen MR) is 82.4 cm³/mol. The summed E-state index contributed by atoms with van der Waals surface area (Å²) in [6.07, 6.45) is 7.26. The summed E-state index contributed by atoms with van der Waals surface area (Å²) >= 11 is 0. The summed E-state index contributed by atoms with van der Waals surface area (Å²) in [5.74, 6) is 0.363. The Kier molecular flexibility index (Phi) is 5.89. The molecule has 1 saturated carbocycles. The third-order valence-corrected chi connectivity index (χ3v) is 4.10. The molecule has 1 aliphatic rings. The molecule has 0 radical (unpaired) electrons. The van der Waals surface area contributed by atoms with E-state index in [1.807, 2.05) is 0 Å². The highest BCUT2D eigenvalue weighted by Gasteiger charge is 2.24. The zero-order chi connectivity index (χ0) is 15.9. The number of nitrogens with zero attached hydrogens (tertiary/aromatic N) is 1. The van der Waals surface area contributed by atoms with Gasteiger partial charge in [0.15, 0.2) is 5.78 Å². The summed E-state index contributed by atoms with van der Waals surface area (Å²) < 4.78 is 0. The lowest BCUT2D eigenvalue weighted by Crippen LogP contribution is -2.38. The van der Waals surface area contributed by atoms with E-state index in [1.54, 1.807) is 0 Å². The van der Waals surface area contributed by atoms with Crippen LogP contribution < -0.4 is 11.1 Å². The zero-order valence-corrected chi connectivity index (χ0v) is 12.6. The number of ketones is 1. The number of nitrogens with two attached hydrogens (primary N) is 1. The normalized spacial score (nSPS) is 21.3. The predicted octanol–water partition coefficient (Wildman–Crippen LogP) is 1.38. The number of carbonyl (C=O) groups excluding carboxylic acids is 2. The van der Waals surface area contributed by atoms with Crippen molar-refractivity contribution in [1.29, 1.82) is 0 Å². The SMILES string of the molecule is NCCC(=O)NC1CCC(CC(=O)c2cncc(O)c2)CC1. The van der Waals surface area contributed by atoms with E-state index in [1.165, 1.54) is 18.5 Å². The molecule has 0 aromatic carbocycles. The summed E-state index contributed by atoms with van der Waals surface area (Å²) in [5.41, 5.74) is 5.81. The molecule has 6 nitrogen and oxygen atoms in total. The minimum Gasteiger partial charge on any atom is -0.506 e. The van der Waals surface area contributed by atoms with Crippen molar-refractivity contribution in [3.63, 3.8) is 0 Å². The van der Waals surface area contributed by atoms with Crippen molar-refractivity contribution in [2.45, 2.75) is 44.6 Å². The van der Waals surface area contributed by atoms with Crippen LogP contribution in [0.2, 0.25) is 0 Å². The van der Waals surface area contributed by atoms with Gasteiger partial charge in [-0.15, -0.1) is 0 Å². The first-order valence-electron chi connectivity index (χ1n) is 7.75. The molecule has 0 atom stereocenters. The van der Waals surface area contributed by atoms with E-state index in [-0.39, 0.29) is 23.5 Å². The third-order valence-electron chi connectivity index (χ3n) is 4.10. The van der Waals surface area contributed by atoms with E-state index in [0.29, 0.717) is 30.9 Å². The van der Waals surface area contributed by atoms with Gasteiger partial charge in [-0.2, -0.15) is 0 Å². The Hall–Kier alpha value is -1.95. The highest BCUT2D eigenvalue weighted by atomic mass is 16.3. The molecule has 0 bridgehead atoms. The number of rotatable bonds is 6. The van der Waals surface area contributed by atoms with E-state index in [4.69, 9.17) is 5.73 Å². The molecule has 6 heteroatoms. The first kappa shape index (κ1) is 16.4.